The Bertz CT molecular complexity index is 475. The summed E-state index contributed by atoms with van der Waals surface area (Å²) in [4.78, 5) is 22.5. The standard InChI is InChI=1S/C14H21N3O3/c1-3-15-7-4-8-16-14(20)17-11-5-6-12(13(18)19)10(2)9-11/h5-6,9,15H,3-4,7-8H2,1-2H3,(H,18,19)(H2,16,17,20). The minimum absolute atomic E-state index is 0.238. The van der Waals surface area contributed by atoms with Crippen molar-refractivity contribution in [3.05, 3.63) is 29.3 Å². The average Bonchev–Trinajstić information content (AvgIpc) is 2.38. The average molecular weight is 279 g/mol. The monoisotopic (exact) mass is 279 g/mol. The zero-order valence-corrected chi connectivity index (χ0v) is 11.8. The molecule has 0 fully saturated rings. The van der Waals surface area contributed by atoms with Gasteiger partial charge in [0.05, 0.1) is 5.56 Å². The second kappa shape index (κ2) is 8.16. The lowest BCUT2D eigenvalue weighted by atomic mass is 10.1. The van der Waals surface area contributed by atoms with Crippen LogP contribution in [0.5, 0.6) is 0 Å². The van der Waals surface area contributed by atoms with Gasteiger partial charge >= 0.3 is 12.0 Å². The van der Waals surface area contributed by atoms with Gasteiger partial charge in [0, 0.05) is 12.2 Å². The van der Waals surface area contributed by atoms with Gasteiger partial charge in [-0.15, -0.1) is 0 Å². The molecule has 20 heavy (non-hydrogen) atoms. The quantitative estimate of drug-likeness (QED) is 0.573. The molecule has 0 aliphatic rings. The van der Waals surface area contributed by atoms with Crippen molar-refractivity contribution in [1.29, 1.82) is 0 Å². The van der Waals surface area contributed by atoms with Crippen molar-refractivity contribution in [2.24, 2.45) is 0 Å². The zero-order chi connectivity index (χ0) is 15.0. The van der Waals surface area contributed by atoms with Crippen molar-refractivity contribution >= 4 is 17.7 Å². The first-order valence-electron chi connectivity index (χ1n) is 6.64. The normalized spacial score (nSPS) is 10.1. The number of amides is 2. The van der Waals surface area contributed by atoms with Gasteiger partial charge in [0.15, 0.2) is 0 Å². The summed E-state index contributed by atoms with van der Waals surface area (Å²) >= 11 is 0. The van der Waals surface area contributed by atoms with E-state index >= 15 is 0 Å². The summed E-state index contributed by atoms with van der Waals surface area (Å²) in [5, 5.41) is 17.5. The van der Waals surface area contributed by atoms with Gasteiger partial charge in [-0.1, -0.05) is 6.92 Å². The second-order valence-corrected chi connectivity index (χ2v) is 4.42. The van der Waals surface area contributed by atoms with Crippen LogP contribution in [-0.4, -0.2) is 36.7 Å². The van der Waals surface area contributed by atoms with Gasteiger partial charge in [0.1, 0.15) is 0 Å². The molecule has 4 N–H and O–H groups in total. The predicted molar refractivity (Wildman–Crippen MR) is 78.3 cm³/mol. The summed E-state index contributed by atoms with van der Waals surface area (Å²) in [5.74, 6) is -0.970. The number of carbonyl (C=O) groups is 2. The van der Waals surface area contributed by atoms with Crippen molar-refractivity contribution in [1.82, 2.24) is 10.6 Å². The molecule has 0 aliphatic heterocycles. The minimum atomic E-state index is -0.970. The molecule has 1 rings (SSSR count). The number of benzene rings is 1. The third kappa shape index (κ3) is 5.27. The molecule has 1 aromatic carbocycles. The van der Waals surface area contributed by atoms with Crippen molar-refractivity contribution in [2.45, 2.75) is 20.3 Å². The number of urea groups is 1. The summed E-state index contributed by atoms with van der Waals surface area (Å²) in [6.07, 6.45) is 0.859. The molecule has 6 nitrogen and oxygen atoms in total. The van der Waals surface area contributed by atoms with Crippen LogP contribution in [0.3, 0.4) is 0 Å². The SMILES string of the molecule is CCNCCCNC(=O)Nc1ccc(C(=O)O)c(C)c1. The number of aryl methyl sites for hydroxylation is 1. The van der Waals surface area contributed by atoms with E-state index in [0.29, 0.717) is 17.8 Å². The highest BCUT2D eigenvalue weighted by Gasteiger charge is 2.08. The largest absolute Gasteiger partial charge is 0.478 e. The van der Waals surface area contributed by atoms with Gasteiger partial charge in [0.25, 0.3) is 0 Å². The summed E-state index contributed by atoms with van der Waals surface area (Å²) in [5.41, 5.74) is 1.43. The van der Waals surface area contributed by atoms with Crippen LogP contribution in [0.15, 0.2) is 18.2 Å². The second-order valence-electron chi connectivity index (χ2n) is 4.42. The first-order chi connectivity index (χ1) is 9.54. The molecule has 2 amide bonds. The van der Waals surface area contributed by atoms with E-state index in [9.17, 15) is 9.59 Å². The summed E-state index contributed by atoms with van der Waals surface area (Å²) in [6.45, 7) is 6.10. The number of hydrogen-bond acceptors (Lipinski definition) is 3. The van der Waals surface area contributed by atoms with Gasteiger partial charge < -0.3 is 21.1 Å². The highest BCUT2D eigenvalue weighted by atomic mass is 16.4. The fraction of sp³-hybridized carbons (Fsp3) is 0.429. The van der Waals surface area contributed by atoms with Crippen molar-refractivity contribution < 1.29 is 14.7 Å². The summed E-state index contributed by atoms with van der Waals surface area (Å²) in [7, 11) is 0. The number of hydrogen-bond donors (Lipinski definition) is 4. The number of carboxylic acid groups (broad SMARTS) is 1. The lowest BCUT2D eigenvalue weighted by molar-refractivity contribution is 0.0696. The fourth-order valence-corrected chi connectivity index (χ4v) is 1.75. The predicted octanol–water partition coefficient (Wildman–Crippen LogP) is 1.81. The van der Waals surface area contributed by atoms with E-state index in [1.165, 1.54) is 6.07 Å². The Morgan fingerprint density at radius 2 is 2.00 bits per heavy atom. The third-order valence-electron chi connectivity index (χ3n) is 2.78. The van der Waals surface area contributed by atoms with E-state index in [4.69, 9.17) is 5.11 Å². The van der Waals surface area contributed by atoms with Crippen molar-refractivity contribution in [3.8, 4) is 0 Å². The maximum Gasteiger partial charge on any atom is 0.335 e. The molecule has 0 saturated carbocycles. The van der Waals surface area contributed by atoms with Crippen LogP contribution in [0, 0.1) is 6.92 Å². The van der Waals surface area contributed by atoms with E-state index in [-0.39, 0.29) is 11.6 Å². The number of rotatable bonds is 7. The molecule has 0 radical (unpaired) electrons. The number of nitrogens with one attached hydrogen (secondary N) is 3. The lowest BCUT2D eigenvalue weighted by Crippen LogP contribution is -2.31. The van der Waals surface area contributed by atoms with E-state index in [0.717, 1.165) is 19.5 Å². The molecule has 0 bridgehead atoms. The van der Waals surface area contributed by atoms with Gasteiger partial charge in [-0.3, -0.25) is 0 Å². The van der Waals surface area contributed by atoms with Crippen LogP contribution in [0.1, 0.15) is 29.3 Å². The molecule has 1 aromatic rings. The highest BCUT2D eigenvalue weighted by Crippen LogP contribution is 2.15. The van der Waals surface area contributed by atoms with Gasteiger partial charge in [0.2, 0.25) is 0 Å². The van der Waals surface area contributed by atoms with Crippen LogP contribution in [-0.2, 0) is 0 Å². The molecule has 6 heteroatoms. The van der Waals surface area contributed by atoms with E-state index in [1.807, 2.05) is 6.92 Å². The molecule has 0 saturated heterocycles. The molecule has 110 valence electrons. The Hall–Kier alpha value is -2.08. The Labute approximate surface area is 118 Å². The maximum absolute atomic E-state index is 11.6. The van der Waals surface area contributed by atoms with E-state index in [1.54, 1.807) is 19.1 Å². The molecule has 0 aliphatic carbocycles. The number of anilines is 1. The first-order valence-corrected chi connectivity index (χ1v) is 6.64. The topological polar surface area (TPSA) is 90.5 Å². The molecule has 0 spiro atoms. The molecular formula is C14H21N3O3. The first kappa shape index (κ1) is 16.0. The van der Waals surface area contributed by atoms with E-state index < -0.39 is 5.97 Å². The zero-order valence-electron chi connectivity index (χ0n) is 11.8. The smallest absolute Gasteiger partial charge is 0.335 e. The molecular weight excluding hydrogens is 258 g/mol. The number of carbonyl (C=O) groups excluding carboxylic acids is 1. The lowest BCUT2D eigenvalue weighted by Gasteiger charge is -2.09. The van der Waals surface area contributed by atoms with Crippen LogP contribution in [0.2, 0.25) is 0 Å². The van der Waals surface area contributed by atoms with Gasteiger partial charge in [-0.25, -0.2) is 9.59 Å². The van der Waals surface area contributed by atoms with Crippen LogP contribution < -0.4 is 16.0 Å². The van der Waals surface area contributed by atoms with Crippen LogP contribution in [0.25, 0.3) is 0 Å². The van der Waals surface area contributed by atoms with Gasteiger partial charge in [-0.2, -0.15) is 0 Å². The van der Waals surface area contributed by atoms with Gasteiger partial charge in [-0.05, 0) is 50.2 Å². The van der Waals surface area contributed by atoms with Crippen molar-refractivity contribution in [3.63, 3.8) is 0 Å². The molecule has 0 unspecified atom stereocenters. The van der Waals surface area contributed by atoms with Crippen molar-refractivity contribution in [2.75, 3.05) is 25.0 Å². The highest BCUT2D eigenvalue weighted by molar-refractivity contribution is 5.92. The Morgan fingerprint density at radius 1 is 1.25 bits per heavy atom. The Balaban J connectivity index is 2.42. The van der Waals surface area contributed by atoms with Crippen LogP contribution >= 0.6 is 0 Å². The fourth-order valence-electron chi connectivity index (χ4n) is 1.75. The molecule has 0 heterocycles. The number of aromatic carboxylic acids is 1. The minimum Gasteiger partial charge on any atom is -0.478 e. The Morgan fingerprint density at radius 3 is 2.60 bits per heavy atom. The molecule has 0 aromatic heterocycles. The summed E-state index contributed by atoms with van der Waals surface area (Å²) in [6, 6.07) is 4.42. The molecule has 0 atom stereocenters. The van der Waals surface area contributed by atoms with Crippen LogP contribution in [0.4, 0.5) is 10.5 Å². The summed E-state index contributed by atoms with van der Waals surface area (Å²) < 4.78 is 0. The third-order valence-corrected chi connectivity index (χ3v) is 2.78. The van der Waals surface area contributed by atoms with E-state index in [2.05, 4.69) is 16.0 Å². The Kier molecular flexibility index (Phi) is 6.52. The maximum atomic E-state index is 11.6. The number of carboxylic acids is 1.